The molecule has 0 aliphatic carbocycles. The Kier molecular flexibility index (Phi) is 6.19. The van der Waals surface area contributed by atoms with Gasteiger partial charge in [0.1, 0.15) is 0 Å². The molecular formula is C14H22N4O2S2. The molecule has 122 valence electrons. The van der Waals surface area contributed by atoms with Crippen LogP contribution in [0.25, 0.3) is 0 Å². The lowest BCUT2D eigenvalue weighted by molar-refractivity contribution is -0.132. The zero-order chi connectivity index (χ0) is 16.1. The average Bonchev–Trinajstić information content (AvgIpc) is 2.94. The minimum atomic E-state index is -0.0508. The number of amides is 2. The summed E-state index contributed by atoms with van der Waals surface area (Å²) in [4.78, 5) is 25.3. The third-order valence-electron chi connectivity index (χ3n) is 3.82. The summed E-state index contributed by atoms with van der Waals surface area (Å²) in [5.41, 5.74) is 0. The topological polar surface area (TPSA) is 75.2 Å². The van der Waals surface area contributed by atoms with Crippen LogP contribution in [0.5, 0.6) is 0 Å². The lowest BCUT2D eigenvalue weighted by Crippen LogP contribution is -2.40. The zero-order valence-electron chi connectivity index (χ0n) is 13.2. The molecule has 2 amide bonds. The highest BCUT2D eigenvalue weighted by Gasteiger charge is 2.26. The molecule has 22 heavy (non-hydrogen) atoms. The summed E-state index contributed by atoms with van der Waals surface area (Å²) in [5.74, 6) is 0.0132. The van der Waals surface area contributed by atoms with Gasteiger partial charge in [0.2, 0.25) is 16.9 Å². The maximum absolute atomic E-state index is 12.2. The quantitative estimate of drug-likeness (QED) is 0.657. The Labute approximate surface area is 139 Å². The number of anilines is 1. The number of carbonyl (C=O) groups excluding carboxylic acids is 2. The highest BCUT2D eigenvalue weighted by atomic mass is 32.2. The summed E-state index contributed by atoms with van der Waals surface area (Å²) < 4.78 is 0.885. The van der Waals surface area contributed by atoms with Crippen LogP contribution in [0.3, 0.4) is 0 Å². The second-order valence-corrected chi connectivity index (χ2v) is 8.14. The lowest BCUT2D eigenvalue weighted by atomic mass is 9.96. The van der Waals surface area contributed by atoms with Crippen molar-refractivity contribution >= 4 is 40.0 Å². The van der Waals surface area contributed by atoms with E-state index in [2.05, 4.69) is 29.4 Å². The minimum Gasteiger partial charge on any atom is -0.343 e. The van der Waals surface area contributed by atoms with Crippen molar-refractivity contribution in [3.05, 3.63) is 0 Å². The number of aromatic nitrogens is 2. The monoisotopic (exact) mass is 342 g/mol. The molecule has 1 aromatic rings. The fraction of sp³-hybridized carbons (Fsp3) is 0.714. The molecule has 2 rings (SSSR count). The smallest absolute Gasteiger partial charge is 0.229 e. The molecule has 2 heterocycles. The zero-order valence-corrected chi connectivity index (χ0v) is 14.8. The van der Waals surface area contributed by atoms with E-state index in [1.807, 2.05) is 0 Å². The van der Waals surface area contributed by atoms with Gasteiger partial charge in [-0.1, -0.05) is 36.9 Å². The fourth-order valence-corrected chi connectivity index (χ4v) is 4.23. The van der Waals surface area contributed by atoms with Gasteiger partial charge < -0.3 is 10.2 Å². The number of rotatable bonds is 5. The van der Waals surface area contributed by atoms with Gasteiger partial charge in [0.05, 0.1) is 0 Å². The van der Waals surface area contributed by atoms with E-state index in [-0.39, 0.29) is 17.7 Å². The second-order valence-electron chi connectivity index (χ2n) is 5.48. The van der Waals surface area contributed by atoms with Crippen molar-refractivity contribution in [2.24, 2.45) is 5.92 Å². The van der Waals surface area contributed by atoms with Crippen molar-refractivity contribution in [2.45, 2.75) is 49.6 Å². The van der Waals surface area contributed by atoms with Crippen LogP contribution >= 0.6 is 23.1 Å². The van der Waals surface area contributed by atoms with Crippen LogP contribution in [0.2, 0.25) is 0 Å². The lowest BCUT2D eigenvalue weighted by Gasteiger charge is -2.30. The normalized spacial score (nSPS) is 17.3. The Morgan fingerprint density at radius 2 is 2.09 bits per heavy atom. The Bertz CT molecular complexity index is 527. The molecule has 8 heteroatoms. The first-order chi connectivity index (χ1) is 10.5. The number of nitrogens with zero attached hydrogens (tertiary/aromatic N) is 3. The molecule has 1 aliphatic rings. The van der Waals surface area contributed by atoms with E-state index in [1.54, 1.807) is 23.6 Å². The predicted molar refractivity (Wildman–Crippen MR) is 89.1 cm³/mol. The van der Waals surface area contributed by atoms with Crippen LogP contribution in [0.1, 0.15) is 40.0 Å². The summed E-state index contributed by atoms with van der Waals surface area (Å²) in [6.07, 6.45) is 2.48. The van der Waals surface area contributed by atoms with Crippen molar-refractivity contribution in [3.8, 4) is 0 Å². The number of thioether (sulfide) groups is 1. The number of hydrogen-bond donors (Lipinski definition) is 1. The molecule has 0 bridgehead atoms. The molecule has 1 N–H and O–H groups in total. The first-order valence-corrected chi connectivity index (χ1v) is 9.25. The maximum atomic E-state index is 12.2. The second kappa shape index (κ2) is 7.92. The summed E-state index contributed by atoms with van der Waals surface area (Å²) in [6.45, 7) is 7.15. The van der Waals surface area contributed by atoms with E-state index >= 15 is 0 Å². The van der Waals surface area contributed by atoms with Gasteiger partial charge in [0.25, 0.3) is 0 Å². The van der Waals surface area contributed by atoms with Crippen molar-refractivity contribution < 1.29 is 9.59 Å². The van der Waals surface area contributed by atoms with Crippen LogP contribution in [0.4, 0.5) is 5.13 Å². The standard InChI is InChI=1S/C14H22N4O2S2/c1-4-9(2)21-14-17-16-13(22-14)15-12(20)11-5-7-18(8-6-11)10(3)19/h9,11H,4-8H2,1-3H3,(H,15,16,20)/t9-/m0/s1. The van der Waals surface area contributed by atoms with Crippen LogP contribution in [0, 0.1) is 5.92 Å². The van der Waals surface area contributed by atoms with Crippen molar-refractivity contribution in [1.29, 1.82) is 0 Å². The molecule has 1 fully saturated rings. The summed E-state index contributed by atoms with van der Waals surface area (Å²) in [6, 6.07) is 0. The van der Waals surface area contributed by atoms with E-state index in [1.165, 1.54) is 11.3 Å². The molecule has 0 spiro atoms. The summed E-state index contributed by atoms with van der Waals surface area (Å²) >= 11 is 3.10. The van der Waals surface area contributed by atoms with Gasteiger partial charge in [-0.15, -0.1) is 10.2 Å². The predicted octanol–water partition coefficient (Wildman–Crippen LogP) is 2.63. The SMILES string of the molecule is CC[C@H](C)Sc1nnc(NC(=O)C2CCN(C(C)=O)CC2)s1. The Morgan fingerprint density at radius 1 is 1.41 bits per heavy atom. The Hall–Kier alpha value is -1.15. The van der Waals surface area contributed by atoms with Gasteiger partial charge >= 0.3 is 0 Å². The van der Waals surface area contributed by atoms with Gasteiger partial charge in [0.15, 0.2) is 4.34 Å². The van der Waals surface area contributed by atoms with E-state index in [4.69, 9.17) is 0 Å². The van der Waals surface area contributed by atoms with E-state index < -0.39 is 0 Å². The van der Waals surface area contributed by atoms with Crippen molar-refractivity contribution in [1.82, 2.24) is 15.1 Å². The van der Waals surface area contributed by atoms with Crippen LogP contribution in [-0.2, 0) is 9.59 Å². The van der Waals surface area contributed by atoms with E-state index in [9.17, 15) is 9.59 Å². The minimum absolute atomic E-state index is 0.0144. The number of likely N-dealkylation sites (tertiary alicyclic amines) is 1. The fourth-order valence-electron chi connectivity index (χ4n) is 2.23. The Morgan fingerprint density at radius 3 is 2.68 bits per heavy atom. The summed E-state index contributed by atoms with van der Waals surface area (Å²) in [7, 11) is 0. The van der Waals surface area contributed by atoms with Crippen LogP contribution < -0.4 is 5.32 Å². The van der Waals surface area contributed by atoms with E-state index in [0.29, 0.717) is 36.3 Å². The largest absolute Gasteiger partial charge is 0.343 e. The number of nitrogens with one attached hydrogen (secondary N) is 1. The van der Waals surface area contributed by atoms with Gasteiger partial charge in [-0.2, -0.15) is 0 Å². The van der Waals surface area contributed by atoms with Crippen molar-refractivity contribution in [2.75, 3.05) is 18.4 Å². The molecule has 1 atom stereocenters. The van der Waals surface area contributed by atoms with Gasteiger partial charge in [-0.3, -0.25) is 9.59 Å². The van der Waals surface area contributed by atoms with Gasteiger partial charge in [0, 0.05) is 31.2 Å². The molecule has 0 aromatic carbocycles. The molecule has 1 aromatic heterocycles. The first-order valence-electron chi connectivity index (χ1n) is 7.56. The van der Waals surface area contributed by atoms with Gasteiger partial charge in [-0.25, -0.2) is 0 Å². The highest BCUT2D eigenvalue weighted by molar-refractivity contribution is 8.01. The van der Waals surface area contributed by atoms with Crippen LogP contribution in [0.15, 0.2) is 4.34 Å². The summed E-state index contributed by atoms with van der Waals surface area (Å²) in [5, 5.41) is 12.0. The number of hydrogen-bond acceptors (Lipinski definition) is 6. The highest BCUT2D eigenvalue weighted by Crippen LogP contribution is 2.30. The van der Waals surface area contributed by atoms with Crippen LogP contribution in [-0.4, -0.2) is 45.3 Å². The van der Waals surface area contributed by atoms with E-state index in [0.717, 1.165) is 10.8 Å². The first kappa shape index (κ1) is 17.2. The molecule has 1 aliphatic heterocycles. The Balaban J connectivity index is 1.84. The maximum Gasteiger partial charge on any atom is 0.229 e. The third-order valence-corrected chi connectivity index (χ3v) is 6.02. The molecule has 6 nitrogen and oxygen atoms in total. The molecule has 0 radical (unpaired) electrons. The van der Waals surface area contributed by atoms with Crippen molar-refractivity contribution in [3.63, 3.8) is 0 Å². The number of piperidine rings is 1. The molecular weight excluding hydrogens is 320 g/mol. The average molecular weight is 342 g/mol. The third kappa shape index (κ3) is 4.67. The van der Waals surface area contributed by atoms with Gasteiger partial charge in [-0.05, 0) is 19.3 Å². The molecule has 0 unspecified atom stereocenters. The number of carbonyl (C=O) groups is 2. The molecule has 1 saturated heterocycles. The molecule has 0 saturated carbocycles.